The lowest BCUT2D eigenvalue weighted by atomic mass is 9.94. The van der Waals surface area contributed by atoms with Crippen LogP contribution in [0.3, 0.4) is 0 Å². The van der Waals surface area contributed by atoms with E-state index in [0.717, 1.165) is 25.9 Å². The molecule has 0 saturated carbocycles. The van der Waals surface area contributed by atoms with Crippen molar-refractivity contribution in [3.63, 3.8) is 0 Å². The van der Waals surface area contributed by atoms with Gasteiger partial charge in [-0.05, 0) is 12.8 Å². The maximum Gasteiger partial charge on any atom is 0.197 e. The van der Waals surface area contributed by atoms with Gasteiger partial charge in [0.1, 0.15) is 18.3 Å². The molecule has 0 aromatic heterocycles. The number of hydrogen-bond donors (Lipinski definition) is 0. The van der Waals surface area contributed by atoms with Crippen molar-refractivity contribution < 1.29 is 18.9 Å². The standard InChI is InChI=1S/C10H16O4/c1-11-9-8-7(14-8)6-13-10(9)4-2-3-5-12-10/h7-9H,2-6H2,1H3/t7-,8-,9-,10-/m0/s1. The first kappa shape index (κ1) is 9.09. The van der Waals surface area contributed by atoms with Gasteiger partial charge in [-0.25, -0.2) is 0 Å². The second kappa shape index (κ2) is 3.17. The molecular weight excluding hydrogens is 184 g/mol. The molecule has 3 heterocycles. The highest BCUT2D eigenvalue weighted by Gasteiger charge is 2.61. The van der Waals surface area contributed by atoms with Crippen molar-refractivity contribution in [1.82, 2.24) is 0 Å². The summed E-state index contributed by atoms with van der Waals surface area (Å²) in [4.78, 5) is 0. The number of rotatable bonds is 1. The van der Waals surface area contributed by atoms with Crippen LogP contribution >= 0.6 is 0 Å². The van der Waals surface area contributed by atoms with E-state index in [1.165, 1.54) is 0 Å². The Labute approximate surface area is 83.5 Å². The van der Waals surface area contributed by atoms with Crippen molar-refractivity contribution in [3.05, 3.63) is 0 Å². The zero-order valence-electron chi connectivity index (χ0n) is 8.40. The lowest BCUT2D eigenvalue weighted by Crippen LogP contribution is -2.56. The van der Waals surface area contributed by atoms with Crippen LogP contribution < -0.4 is 0 Å². The van der Waals surface area contributed by atoms with Gasteiger partial charge in [0.05, 0.1) is 13.2 Å². The first-order valence-corrected chi connectivity index (χ1v) is 5.32. The molecule has 0 amide bonds. The van der Waals surface area contributed by atoms with Gasteiger partial charge in [0.15, 0.2) is 5.79 Å². The van der Waals surface area contributed by atoms with Gasteiger partial charge in [0, 0.05) is 13.5 Å². The third-order valence-corrected chi connectivity index (χ3v) is 3.37. The molecule has 14 heavy (non-hydrogen) atoms. The van der Waals surface area contributed by atoms with Gasteiger partial charge in [0.25, 0.3) is 0 Å². The smallest absolute Gasteiger partial charge is 0.197 e. The molecule has 3 rings (SSSR count). The highest BCUT2D eigenvalue weighted by molar-refractivity contribution is 5.03. The summed E-state index contributed by atoms with van der Waals surface area (Å²) in [6.07, 6.45) is 3.61. The molecule has 3 aliphatic heterocycles. The van der Waals surface area contributed by atoms with Gasteiger partial charge in [-0.2, -0.15) is 0 Å². The first-order chi connectivity index (χ1) is 6.86. The fourth-order valence-corrected chi connectivity index (χ4v) is 2.55. The Morgan fingerprint density at radius 1 is 1.29 bits per heavy atom. The lowest BCUT2D eigenvalue weighted by molar-refractivity contribution is -0.312. The second-order valence-electron chi connectivity index (χ2n) is 4.22. The van der Waals surface area contributed by atoms with E-state index in [-0.39, 0.29) is 18.3 Å². The minimum atomic E-state index is -0.509. The van der Waals surface area contributed by atoms with E-state index >= 15 is 0 Å². The van der Waals surface area contributed by atoms with Gasteiger partial charge in [-0.3, -0.25) is 0 Å². The second-order valence-corrected chi connectivity index (χ2v) is 4.22. The van der Waals surface area contributed by atoms with Crippen LogP contribution in [0.5, 0.6) is 0 Å². The highest BCUT2D eigenvalue weighted by Crippen LogP contribution is 2.44. The zero-order chi connectivity index (χ0) is 9.60. The molecule has 0 unspecified atom stereocenters. The van der Waals surface area contributed by atoms with E-state index in [9.17, 15) is 0 Å². The summed E-state index contributed by atoms with van der Waals surface area (Å²) in [5, 5.41) is 0. The largest absolute Gasteiger partial charge is 0.373 e. The van der Waals surface area contributed by atoms with Crippen molar-refractivity contribution in [2.75, 3.05) is 20.3 Å². The van der Waals surface area contributed by atoms with Gasteiger partial charge in [-0.15, -0.1) is 0 Å². The summed E-state index contributed by atoms with van der Waals surface area (Å²) < 4.78 is 22.5. The van der Waals surface area contributed by atoms with Crippen LogP contribution in [-0.4, -0.2) is 44.4 Å². The molecule has 3 fully saturated rings. The van der Waals surface area contributed by atoms with E-state index in [1.54, 1.807) is 7.11 Å². The predicted octanol–water partition coefficient (Wildman–Crippen LogP) is 0.696. The Hall–Kier alpha value is -0.160. The molecule has 0 aliphatic carbocycles. The zero-order valence-corrected chi connectivity index (χ0v) is 8.40. The molecule has 1 spiro atoms. The molecule has 4 atom stereocenters. The van der Waals surface area contributed by atoms with Crippen molar-refractivity contribution in [3.8, 4) is 0 Å². The number of epoxide rings is 1. The summed E-state index contributed by atoms with van der Waals surface area (Å²) in [5.74, 6) is -0.509. The van der Waals surface area contributed by atoms with Crippen molar-refractivity contribution in [2.45, 2.75) is 43.4 Å². The molecule has 0 aromatic carbocycles. The average Bonchev–Trinajstić information content (AvgIpc) is 2.98. The monoisotopic (exact) mass is 200 g/mol. The maximum absolute atomic E-state index is 5.79. The summed E-state index contributed by atoms with van der Waals surface area (Å²) >= 11 is 0. The fraction of sp³-hybridized carbons (Fsp3) is 1.00. The summed E-state index contributed by atoms with van der Waals surface area (Å²) in [6.45, 7) is 1.43. The third kappa shape index (κ3) is 1.21. The van der Waals surface area contributed by atoms with E-state index in [4.69, 9.17) is 18.9 Å². The van der Waals surface area contributed by atoms with E-state index in [2.05, 4.69) is 0 Å². The molecule has 4 nitrogen and oxygen atoms in total. The summed E-state index contributed by atoms with van der Waals surface area (Å²) in [7, 11) is 1.71. The van der Waals surface area contributed by atoms with Crippen LogP contribution in [0.25, 0.3) is 0 Å². The molecular formula is C10H16O4. The molecule has 3 aliphatic rings. The minimum Gasteiger partial charge on any atom is -0.373 e. The average molecular weight is 200 g/mol. The normalized spacial score (nSPS) is 51.6. The molecule has 3 saturated heterocycles. The van der Waals surface area contributed by atoms with Crippen LogP contribution in [0.2, 0.25) is 0 Å². The summed E-state index contributed by atoms with van der Waals surface area (Å²) in [5.41, 5.74) is 0. The quantitative estimate of drug-likeness (QED) is 0.584. The van der Waals surface area contributed by atoms with Crippen LogP contribution in [0.4, 0.5) is 0 Å². The number of methoxy groups -OCH3 is 1. The number of fused-ring (bicyclic) bond motifs is 1. The fourth-order valence-electron chi connectivity index (χ4n) is 2.55. The van der Waals surface area contributed by atoms with Crippen LogP contribution in [-0.2, 0) is 18.9 Å². The molecule has 0 aromatic rings. The van der Waals surface area contributed by atoms with Crippen LogP contribution in [0.1, 0.15) is 19.3 Å². The van der Waals surface area contributed by atoms with E-state index < -0.39 is 5.79 Å². The Kier molecular flexibility index (Phi) is 2.06. The molecule has 4 heteroatoms. The van der Waals surface area contributed by atoms with Gasteiger partial charge in [-0.1, -0.05) is 0 Å². The SMILES string of the molecule is CO[C@H]1[C@H]2O[C@H]2CO[C@@]12CCCCO2. The predicted molar refractivity (Wildman–Crippen MR) is 47.9 cm³/mol. The third-order valence-electron chi connectivity index (χ3n) is 3.37. The summed E-state index contributed by atoms with van der Waals surface area (Å²) in [6, 6.07) is 0. The Morgan fingerprint density at radius 2 is 2.21 bits per heavy atom. The van der Waals surface area contributed by atoms with E-state index in [1.807, 2.05) is 0 Å². The van der Waals surface area contributed by atoms with Crippen LogP contribution in [0, 0.1) is 0 Å². The lowest BCUT2D eigenvalue weighted by Gasteiger charge is -2.43. The Morgan fingerprint density at radius 3 is 2.93 bits per heavy atom. The molecule has 0 bridgehead atoms. The Balaban J connectivity index is 1.80. The number of ether oxygens (including phenoxy) is 4. The topological polar surface area (TPSA) is 40.2 Å². The van der Waals surface area contributed by atoms with Gasteiger partial charge >= 0.3 is 0 Å². The van der Waals surface area contributed by atoms with E-state index in [0.29, 0.717) is 6.61 Å². The van der Waals surface area contributed by atoms with Crippen LogP contribution in [0.15, 0.2) is 0 Å². The minimum absolute atomic E-state index is 0.0402. The van der Waals surface area contributed by atoms with Crippen molar-refractivity contribution in [2.24, 2.45) is 0 Å². The van der Waals surface area contributed by atoms with Gasteiger partial charge < -0.3 is 18.9 Å². The number of hydrogen-bond acceptors (Lipinski definition) is 4. The first-order valence-electron chi connectivity index (χ1n) is 5.32. The molecule has 0 N–H and O–H groups in total. The van der Waals surface area contributed by atoms with Gasteiger partial charge in [0.2, 0.25) is 0 Å². The maximum atomic E-state index is 5.79. The molecule has 0 radical (unpaired) electrons. The van der Waals surface area contributed by atoms with Crippen molar-refractivity contribution in [1.29, 1.82) is 0 Å². The van der Waals surface area contributed by atoms with Crippen molar-refractivity contribution >= 4 is 0 Å². The Bertz CT molecular complexity index is 224. The molecule has 80 valence electrons. The highest BCUT2D eigenvalue weighted by atomic mass is 16.8.